The van der Waals surface area contributed by atoms with Gasteiger partial charge in [-0.25, -0.2) is 0 Å². The number of carbonyl (C=O) groups is 1. The van der Waals surface area contributed by atoms with Crippen LogP contribution in [0.4, 0.5) is 5.69 Å². The average Bonchev–Trinajstić information content (AvgIpc) is 2.86. The van der Waals surface area contributed by atoms with E-state index in [1.807, 2.05) is 31.2 Å². The number of hydrogen-bond acceptors (Lipinski definition) is 2. The van der Waals surface area contributed by atoms with Crippen LogP contribution in [0.25, 0.3) is 0 Å². The molecule has 0 unspecified atom stereocenters. The molecule has 1 amide bonds. The van der Waals surface area contributed by atoms with E-state index in [1.54, 1.807) is 0 Å². The second-order valence-electron chi connectivity index (χ2n) is 4.33. The highest BCUT2D eigenvalue weighted by atomic mass is 79.9. The molecule has 20 heavy (non-hydrogen) atoms. The Balaban J connectivity index is 2.37. The summed E-state index contributed by atoms with van der Waals surface area (Å²) in [6.45, 7) is 4.11. The van der Waals surface area contributed by atoms with Gasteiger partial charge in [0.2, 0.25) is 0 Å². The minimum Gasteiger partial charge on any atom is -0.321 e. The van der Waals surface area contributed by atoms with Crippen molar-refractivity contribution in [1.29, 1.82) is 0 Å². The zero-order chi connectivity index (χ0) is 14.7. The predicted molar refractivity (Wildman–Crippen MR) is 90.2 cm³/mol. The fourth-order valence-corrected chi connectivity index (χ4v) is 3.65. The van der Waals surface area contributed by atoms with Crippen molar-refractivity contribution in [3.8, 4) is 0 Å². The summed E-state index contributed by atoms with van der Waals surface area (Å²) < 4.78 is 0.945. The van der Waals surface area contributed by atoms with Gasteiger partial charge in [0.1, 0.15) is 0 Å². The van der Waals surface area contributed by atoms with E-state index in [-0.39, 0.29) is 5.91 Å². The summed E-state index contributed by atoms with van der Waals surface area (Å²) in [6, 6.07) is 7.56. The van der Waals surface area contributed by atoms with Crippen LogP contribution in [0.1, 0.15) is 34.6 Å². The molecule has 0 saturated heterocycles. The molecule has 2 rings (SSSR count). The van der Waals surface area contributed by atoms with Gasteiger partial charge in [-0.15, -0.1) is 11.3 Å². The molecule has 2 aromatic rings. The Bertz CT molecular complexity index is 639. The molecule has 1 heterocycles. The Kier molecular flexibility index (Phi) is 5.24. The number of benzene rings is 1. The number of aryl methyl sites for hydroxylation is 1. The SMILES string of the molecule is CCc1ccc(Cl)c(CC)c1NC(=O)c1ccc(Br)s1. The predicted octanol–water partition coefficient (Wildman–Crippen LogP) is 5.54. The molecule has 0 aliphatic rings. The van der Waals surface area contributed by atoms with E-state index in [2.05, 4.69) is 28.2 Å². The van der Waals surface area contributed by atoms with E-state index in [0.717, 1.165) is 33.4 Å². The van der Waals surface area contributed by atoms with Gasteiger partial charge in [0.05, 0.1) is 8.66 Å². The van der Waals surface area contributed by atoms with Gasteiger partial charge in [-0.1, -0.05) is 31.5 Å². The molecular formula is C15H15BrClNOS. The van der Waals surface area contributed by atoms with Crippen LogP contribution >= 0.6 is 38.9 Å². The monoisotopic (exact) mass is 371 g/mol. The van der Waals surface area contributed by atoms with E-state index >= 15 is 0 Å². The van der Waals surface area contributed by atoms with E-state index in [4.69, 9.17) is 11.6 Å². The lowest BCUT2D eigenvalue weighted by Crippen LogP contribution is -2.13. The third kappa shape index (κ3) is 3.25. The molecule has 1 aromatic heterocycles. The molecule has 0 aliphatic heterocycles. The van der Waals surface area contributed by atoms with Crippen LogP contribution in [0.2, 0.25) is 5.02 Å². The summed E-state index contributed by atoms with van der Waals surface area (Å²) in [5.74, 6) is -0.0904. The van der Waals surface area contributed by atoms with Crippen molar-refractivity contribution in [2.24, 2.45) is 0 Å². The van der Waals surface area contributed by atoms with Crippen LogP contribution in [0.3, 0.4) is 0 Å². The zero-order valence-electron chi connectivity index (χ0n) is 11.3. The first-order chi connectivity index (χ1) is 9.56. The Morgan fingerprint density at radius 2 is 2.00 bits per heavy atom. The number of amides is 1. The smallest absolute Gasteiger partial charge is 0.265 e. The standard InChI is InChI=1S/C15H15BrClNOS/c1-3-9-5-6-11(17)10(4-2)14(9)18-15(19)12-7-8-13(16)20-12/h5-8H,3-4H2,1-2H3,(H,18,19). The molecule has 0 aliphatic carbocycles. The number of halogens is 2. The molecule has 1 N–H and O–H groups in total. The third-order valence-corrected chi connectivity index (χ3v) is 5.09. The van der Waals surface area contributed by atoms with Crippen LogP contribution in [0, 0.1) is 0 Å². The van der Waals surface area contributed by atoms with Gasteiger partial charge >= 0.3 is 0 Å². The number of nitrogens with one attached hydrogen (secondary N) is 1. The van der Waals surface area contributed by atoms with Crippen molar-refractivity contribution < 1.29 is 4.79 Å². The maximum absolute atomic E-state index is 12.3. The first-order valence-corrected chi connectivity index (χ1v) is 8.42. The lowest BCUT2D eigenvalue weighted by Gasteiger charge is -2.15. The summed E-state index contributed by atoms with van der Waals surface area (Å²) in [4.78, 5) is 13.0. The minimum atomic E-state index is -0.0904. The molecule has 0 fully saturated rings. The Hall–Kier alpha value is -0.840. The molecule has 0 spiro atoms. The van der Waals surface area contributed by atoms with Crippen LogP contribution in [0.5, 0.6) is 0 Å². The van der Waals surface area contributed by atoms with Crippen molar-refractivity contribution in [3.05, 3.63) is 49.1 Å². The van der Waals surface area contributed by atoms with Gasteiger partial charge in [0.25, 0.3) is 5.91 Å². The molecule has 5 heteroatoms. The Morgan fingerprint density at radius 1 is 1.25 bits per heavy atom. The molecule has 0 radical (unpaired) electrons. The molecular weight excluding hydrogens is 358 g/mol. The van der Waals surface area contributed by atoms with Crippen LogP contribution in [-0.2, 0) is 12.8 Å². The highest BCUT2D eigenvalue weighted by molar-refractivity contribution is 9.11. The van der Waals surface area contributed by atoms with Crippen molar-refractivity contribution in [3.63, 3.8) is 0 Å². The second-order valence-corrected chi connectivity index (χ2v) is 7.20. The fourth-order valence-electron chi connectivity index (χ4n) is 2.08. The van der Waals surface area contributed by atoms with Gasteiger partial charge in [-0.2, -0.15) is 0 Å². The quantitative estimate of drug-likeness (QED) is 0.750. The summed E-state index contributed by atoms with van der Waals surface area (Å²) in [5, 5.41) is 3.72. The van der Waals surface area contributed by atoms with Crippen molar-refractivity contribution in [2.75, 3.05) is 5.32 Å². The molecule has 0 atom stereocenters. The highest BCUT2D eigenvalue weighted by Gasteiger charge is 2.15. The van der Waals surface area contributed by atoms with Crippen molar-refractivity contribution >= 4 is 50.5 Å². The summed E-state index contributed by atoms with van der Waals surface area (Å²) in [5.41, 5.74) is 2.96. The summed E-state index contributed by atoms with van der Waals surface area (Å²) >= 11 is 11.0. The molecule has 0 bridgehead atoms. The van der Waals surface area contributed by atoms with Gasteiger partial charge in [-0.3, -0.25) is 4.79 Å². The fraction of sp³-hybridized carbons (Fsp3) is 0.267. The van der Waals surface area contributed by atoms with Crippen molar-refractivity contribution in [1.82, 2.24) is 0 Å². The topological polar surface area (TPSA) is 29.1 Å². The number of carbonyl (C=O) groups excluding carboxylic acids is 1. The minimum absolute atomic E-state index is 0.0904. The van der Waals surface area contributed by atoms with E-state index < -0.39 is 0 Å². The third-order valence-electron chi connectivity index (χ3n) is 3.11. The largest absolute Gasteiger partial charge is 0.321 e. The van der Waals surface area contributed by atoms with Gasteiger partial charge in [0.15, 0.2) is 0 Å². The Morgan fingerprint density at radius 3 is 2.55 bits per heavy atom. The van der Waals surface area contributed by atoms with Gasteiger partial charge in [-0.05, 0) is 58.1 Å². The number of rotatable bonds is 4. The second kappa shape index (κ2) is 6.74. The maximum atomic E-state index is 12.3. The lowest BCUT2D eigenvalue weighted by atomic mass is 10.0. The Labute approximate surface area is 136 Å². The average molecular weight is 373 g/mol. The van der Waals surface area contributed by atoms with E-state index in [1.165, 1.54) is 11.3 Å². The molecule has 1 aromatic carbocycles. The summed E-state index contributed by atoms with van der Waals surface area (Å²) in [6.07, 6.45) is 1.64. The van der Waals surface area contributed by atoms with Crippen LogP contribution in [-0.4, -0.2) is 5.91 Å². The van der Waals surface area contributed by atoms with Gasteiger partial charge < -0.3 is 5.32 Å². The van der Waals surface area contributed by atoms with Crippen molar-refractivity contribution in [2.45, 2.75) is 26.7 Å². The highest BCUT2D eigenvalue weighted by Crippen LogP contribution is 2.31. The number of anilines is 1. The molecule has 0 saturated carbocycles. The van der Waals surface area contributed by atoms with E-state index in [0.29, 0.717) is 9.90 Å². The van der Waals surface area contributed by atoms with Crippen LogP contribution in [0.15, 0.2) is 28.1 Å². The van der Waals surface area contributed by atoms with Gasteiger partial charge in [0, 0.05) is 10.7 Å². The maximum Gasteiger partial charge on any atom is 0.265 e. The first-order valence-electron chi connectivity index (χ1n) is 6.43. The van der Waals surface area contributed by atoms with Crippen LogP contribution < -0.4 is 5.32 Å². The lowest BCUT2D eigenvalue weighted by molar-refractivity contribution is 0.103. The zero-order valence-corrected chi connectivity index (χ0v) is 14.5. The first kappa shape index (κ1) is 15.5. The number of hydrogen-bond donors (Lipinski definition) is 1. The molecule has 2 nitrogen and oxygen atoms in total. The summed E-state index contributed by atoms with van der Waals surface area (Å²) in [7, 11) is 0. The molecule has 106 valence electrons. The normalized spacial score (nSPS) is 10.6. The number of thiophene rings is 1. The van der Waals surface area contributed by atoms with E-state index in [9.17, 15) is 4.79 Å².